The highest BCUT2D eigenvalue weighted by Crippen LogP contribution is 2.15. The molecular formula is C14H20N4O2S. The van der Waals surface area contributed by atoms with Gasteiger partial charge in [-0.15, -0.1) is 0 Å². The van der Waals surface area contributed by atoms with Gasteiger partial charge in [0, 0.05) is 19.3 Å². The van der Waals surface area contributed by atoms with Crippen molar-refractivity contribution in [1.82, 2.24) is 14.5 Å². The molecule has 7 heteroatoms. The number of rotatable bonds is 6. The van der Waals surface area contributed by atoms with Gasteiger partial charge in [-0.05, 0) is 25.8 Å². The van der Waals surface area contributed by atoms with Crippen LogP contribution >= 0.6 is 0 Å². The normalized spacial score (nSPS) is 11.7. The highest BCUT2D eigenvalue weighted by atomic mass is 32.2. The van der Waals surface area contributed by atoms with Gasteiger partial charge in [-0.2, -0.15) is 5.10 Å². The molecule has 0 bridgehead atoms. The molecule has 0 spiro atoms. The smallest absolute Gasteiger partial charge is 0.245 e. The number of sulfonamides is 1. The van der Waals surface area contributed by atoms with Crippen LogP contribution in [-0.4, -0.2) is 24.7 Å². The molecule has 6 nitrogen and oxygen atoms in total. The van der Waals surface area contributed by atoms with Crippen LogP contribution in [0.25, 0.3) is 0 Å². The standard InChI is InChI=1S/C14H20N4O2S/c1-3-18-10-13(14(15)17-18)21(19,20)16-8-7-12-6-4-5-11(2)9-12/h4-6,9-10,16H,3,7-8H2,1-2H3,(H2,15,17). The number of nitrogens with zero attached hydrogens (tertiary/aromatic N) is 2. The van der Waals surface area contributed by atoms with E-state index >= 15 is 0 Å². The Balaban J connectivity index is 2.03. The predicted octanol–water partition coefficient (Wildman–Crippen LogP) is 1.31. The molecule has 1 aromatic heterocycles. The number of nitrogens with one attached hydrogen (secondary N) is 1. The van der Waals surface area contributed by atoms with Gasteiger partial charge in [-0.3, -0.25) is 4.68 Å². The molecular weight excluding hydrogens is 288 g/mol. The maximum Gasteiger partial charge on any atom is 0.245 e. The van der Waals surface area contributed by atoms with Crippen LogP contribution in [0.1, 0.15) is 18.1 Å². The molecule has 2 aromatic rings. The molecule has 0 unspecified atom stereocenters. The second kappa shape index (κ2) is 6.28. The number of benzene rings is 1. The fraction of sp³-hybridized carbons (Fsp3) is 0.357. The quantitative estimate of drug-likeness (QED) is 0.842. The zero-order valence-corrected chi connectivity index (χ0v) is 13.0. The van der Waals surface area contributed by atoms with Gasteiger partial charge < -0.3 is 5.73 Å². The number of hydrogen-bond donors (Lipinski definition) is 2. The van der Waals surface area contributed by atoms with Crippen molar-refractivity contribution in [2.24, 2.45) is 0 Å². The number of nitrogen functional groups attached to an aromatic ring is 1. The van der Waals surface area contributed by atoms with E-state index in [1.807, 2.05) is 38.1 Å². The van der Waals surface area contributed by atoms with E-state index in [0.29, 0.717) is 19.5 Å². The van der Waals surface area contributed by atoms with Crippen molar-refractivity contribution < 1.29 is 8.42 Å². The first-order valence-electron chi connectivity index (χ1n) is 6.80. The summed E-state index contributed by atoms with van der Waals surface area (Å²) in [6.07, 6.45) is 2.08. The lowest BCUT2D eigenvalue weighted by Crippen LogP contribution is -2.26. The summed E-state index contributed by atoms with van der Waals surface area (Å²) in [5, 5.41) is 3.95. The zero-order chi connectivity index (χ0) is 15.5. The minimum Gasteiger partial charge on any atom is -0.381 e. The van der Waals surface area contributed by atoms with E-state index in [4.69, 9.17) is 5.73 Å². The van der Waals surface area contributed by atoms with E-state index in [1.165, 1.54) is 10.9 Å². The Bertz CT molecular complexity index is 722. The van der Waals surface area contributed by atoms with Crippen molar-refractivity contribution in [3.63, 3.8) is 0 Å². The average Bonchev–Trinajstić information content (AvgIpc) is 2.81. The molecule has 1 heterocycles. The summed E-state index contributed by atoms with van der Waals surface area (Å²) >= 11 is 0. The van der Waals surface area contributed by atoms with Crippen molar-refractivity contribution >= 4 is 15.8 Å². The zero-order valence-electron chi connectivity index (χ0n) is 12.2. The van der Waals surface area contributed by atoms with Crippen molar-refractivity contribution in [2.75, 3.05) is 12.3 Å². The van der Waals surface area contributed by atoms with Crippen molar-refractivity contribution in [3.05, 3.63) is 41.6 Å². The SMILES string of the molecule is CCn1cc(S(=O)(=O)NCCc2cccc(C)c2)c(N)n1. The fourth-order valence-electron chi connectivity index (χ4n) is 2.06. The van der Waals surface area contributed by atoms with Gasteiger partial charge in [-0.25, -0.2) is 13.1 Å². The Kier molecular flexibility index (Phi) is 4.64. The molecule has 3 N–H and O–H groups in total. The molecule has 0 amide bonds. The average molecular weight is 308 g/mol. The molecule has 0 aliphatic heterocycles. The Morgan fingerprint density at radius 1 is 1.38 bits per heavy atom. The maximum atomic E-state index is 12.2. The minimum atomic E-state index is -3.62. The second-order valence-electron chi connectivity index (χ2n) is 4.87. The molecule has 21 heavy (non-hydrogen) atoms. The van der Waals surface area contributed by atoms with Gasteiger partial charge in [0.2, 0.25) is 10.0 Å². The summed E-state index contributed by atoms with van der Waals surface area (Å²) in [4.78, 5) is 0.0357. The Morgan fingerprint density at radius 3 is 2.76 bits per heavy atom. The van der Waals surface area contributed by atoms with E-state index in [0.717, 1.165) is 11.1 Å². The molecule has 2 rings (SSSR count). The third-order valence-corrected chi connectivity index (χ3v) is 4.63. The van der Waals surface area contributed by atoms with E-state index < -0.39 is 10.0 Å². The summed E-state index contributed by atoms with van der Waals surface area (Å²) in [6.45, 7) is 4.77. The maximum absolute atomic E-state index is 12.2. The predicted molar refractivity (Wildman–Crippen MR) is 82.4 cm³/mol. The summed E-state index contributed by atoms with van der Waals surface area (Å²) in [6, 6.07) is 7.98. The highest BCUT2D eigenvalue weighted by Gasteiger charge is 2.20. The largest absolute Gasteiger partial charge is 0.381 e. The summed E-state index contributed by atoms with van der Waals surface area (Å²) in [5.74, 6) is 0.0277. The van der Waals surface area contributed by atoms with Gasteiger partial charge >= 0.3 is 0 Å². The molecule has 114 valence electrons. The third kappa shape index (κ3) is 3.83. The van der Waals surface area contributed by atoms with Gasteiger partial charge in [-0.1, -0.05) is 29.8 Å². The lowest BCUT2D eigenvalue weighted by atomic mass is 10.1. The number of nitrogens with two attached hydrogens (primary N) is 1. The fourth-order valence-corrected chi connectivity index (χ4v) is 3.17. The van der Waals surface area contributed by atoms with Crippen LogP contribution < -0.4 is 10.5 Å². The number of aryl methyl sites for hydroxylation is 2. The van der Waals surface area contributed by atoms with E-state index in [-0.39, 0.29) is 10.7 Å². The van der Waals surface area contributed by atoms with Gasteiger partial charge in [0.25, 0.3) is 0 Å². The Labute approximate surface area is 125 Å². The molecule has 1 aromatic carbocycles. The van der Waals surface area contributed by atoms with Gasteiger partial charge in [0.05, 0.1) is 0 Å². The number of aromatic nitrogens is 2. The monoisotopic (exact) mass is 308 g/mol. The first-order chi connectivity index (χ1) is 9.92. The first kappa shape index (κ1) is 15.5. The Morgan fingerprint density at radius 2 is 2.14 bits per heavy atom. The molecule has 0 saturated carbocycles. The molecule has 0 saturated heterocycles. The number of anilines is 1. The van der Waals surface area contributed by atoms with Crippen LogP contribution in [0.2, 0.25) is 0 Å². The van der Waals surface area contributed by atoms with E-state index in [9.17, 15) is 8.42 Å². The topological polar surface area (TPSA) is 90.0 Å². The minimum absolute atomic E-state index is 0.0277. The van der Waals surface area contributed by atoms with Gasteiger partial charge in [0.1, 0.15) is 4.90 Å². The number of hydrogen-bond acceptors (Lipinski definition) is 4. The second-order valence-corrected chi connectivity index (χ2v) is 6.61. The van der Waals surface area contributed by atoms with Crippen LogP contribution in [0, 0.1) is 6.92 Å². The molecule has 0 aliphatic rings. The summed E-state index contributed by atoms with van der Waals surface area (Å²) in [7, 11) is -3.62. The van der Waals surface area contributed by atoms with E-state index in [1.54, 1.807) is 0 Å². The first-order valence-corrected chi connectivity index (χ1v) is 8.29. The van der Waals surface area contributed by atoms with Crippen LogP contribution in [-0.2, 0) is 23.0 Å². The van der Waals surface area contributed by atoms with Crippen LogP contribution in [0.5, 0.6) is 0 Å². The van der Waals surface area contributed by atoms with Crippen LogP contribution in [0.3, 0.4) is 0 Å². The van der Waals surface area contributed by atoms with Gasteiger partial charge in [0.15, 0.2) is 5.82 Å². The lowest BCUT2D eigenvalue weighted by molar-refractivity contribution is 0.581. The Hall–Kier alpha value is -1.86. The van der Waals surface area contributed by atoms with Crippen molar-refractivity contribution in [2.45, 2.75) is 31.7 Å². The molecule has 0 aliphatic carbocycles. The van der Waals surface area contributed by atoms with Crippen LogP contribution in [0.4, 0.5) is 5.82 Å². The van der Waals surface area contributed by atoms with Crippen molar-refractivity contribution in [3.8, 4) is 0 Å². The summed E-state index contributed by atoms with van der Waals surface area (Å²) < 4.78 is 28.5. The van der Waals surface area contributed by atoms with E-state index in [2.05, 4.69) is 9.82 Å². The lowest BCUT2D eigenvalue weighted by Gasteiger charge is -2.06. The molecule has 0 atom stereocenters. The summed E-state index contributed by atoms with van der Waals surface area (Å²) in [5.41, 5.74) is 7.90. The molecule has 0 fully saturated rings. The van der Waals surface area contributed by atoms with Crippen LogP contribution in [0.15, 0.2) is 35.4 Å². The van der Waals surface area contributed by atoms with Crippen molar-refractivity contribution in [1.29, 1.82) is 0 Å². The molecule has 0 radical (unpaired) electrons. The third-order valence-electron chi connectivity index (χ3n) is 3.16. The highest BCUT2D eigenvalue weighted by molar-refractivity contribution is 7.89.